The summed E-state index contributed by atoms with van der Waals surface area (Å²) in [4.78, 5) is 22.9. The van der Waals surface area contributed by atoms with E-state index in [1.807, 2.05) is 0 Å². The molecule has 0 bridgehead atoms. The Balaban J connectivity index is 1.98. The molecule has 2 aromatic carbocycles. The minimum Gasteiger partial charge on any atom is -0.389 e. The monoisotopic (exact) mass is 326 g/mol. The van der Waals surface area contributed by atoms with Crippen molar-refractivity contribution in [2.75, 3.05) is 5.32 Å². The number of non-ortho nitro benzene ring substituents is 1. The first kappa shape index (κ1) is 15.6. The third-order valence-electron chi connectivity index (χ3n) is 3.63. The molecule has 0 aliphatic heterocycles. The highest BCUT2D eigenvalue weighted by atomic mass is 16.6. The fraction of sp³-hybridized carbons (Fsp3) is 0.125. The SMILES string of the molecule is C[C@H](O)c1ccccc1NC(=O)c1n[nH]c2ccc([N+](=O)[O-])cc12. The standard InChI is InChI=1S/C16H14N4O4/c1-9(21)11-4-2-3-5-13(11)17-16(22)15-12-8-10(20(23)24)6-7-14(12)18-19-15/h2-9,21H,1H3,(H,17,22)(H,18,19)/t9-/m0/s1. The number of nitrogens with zero attached hydrogens (tertiary/aromatic N) is 2. The van der Waals surface area contributed by atoms with Crippen molar-refractivity contribution >= 4 is 28.2 Å². The summed E-state index contributed by atoms with van der Waals surface area (Å²) in [5.74, 6) is -0.519. The molecule has 0 radical (unpaired) electrons. The predicted octanol–water partition coefficient (Wildman–Crippen LogP) is 2.78. The van der Waals surface area contributed by atoms with Crippen LogP contribution in [0.15, 0.2) is 42.5 Å². The van der Waals surface area contributed by atoms with Crippen LogP contribution in [0.2, 0.25) is 0 Å². The molecule has 0 aliphatic rings. The molecule has 122 valence electrons. The lowest BCUT2D eigenvalue weighted by molar-refractivity contribution is -0.384. The van der Waals surface area contributed by atoms with Gasteiger partial charge in [0.15, 0.2) is 5.69 Å². The van der Waals surface area contributed by atoms with E-state index in [1.54, 1.807) is 31.2 Å². The largest absolute Gasteiger partial charge is 0.389 e. The quantitative estimate of drug-likeness (QED) is 0.503. The first-order valence-electron chi connectivity index (χ1n) is 7.18. The number of hydrogen-bond acceptors (Lipinski definition) is 5. The summed E-state index contributed by atoms with van der Waals surface area (Å²) in [7, 11) is 0. The maximum Gasteiger partial charge on any atom is 0.276 e. The summed E-state index contributed by atoms with van der Waals surface area (Å²) in [6.07, 6.45) is -0.751. The van der Waals surface area contributed by atoms with Gasteiger partial charge in [-0.1, -0.05) is 18.2 Å². The normalized spacial score (nSPS) is 12.1. The van der Waals surface area contributed by atoms with E-state index in [0.29, 0.717) is 22.2 Å². The number of amides is 1. The number of aliphatic hydroxyl groups is 1. The van der Waals surface area contributed by atoms with Gasteiger partial charge in [-0.05, 0) is 19.1 Å². The van der Waals surface area contributed by atoms with Crippen LogP contribution in [-0.4, -0.2) is 26.1 Å². The van der Waals surface area contributed by atoms with Gasteiger partial charge in [-0.3, -0.25) is 20.0 Å². The van der Waals surface area contributed by atoms with Gasteiger partial charge >= 0.3 is 0 Å². The highest BCUT2D eigenvalue weighted by Crippen LogP contribution is 2.25. The minimum absolute atomic E-state index is 0.0501. The molecule has 3 rings (SSSR count). The van der Waals surface area contributed by atoms with E-state index in [-0.39, 0.29) is 11.4 Å². The van der Waals surface area contributed by atoms with Crippen LogP contribution in [0.1, 0.15) is 29.1 Å². The van der Waals surface area contributed by atoms with Crippen LogP contribution in [0.25, 0.3) is 10.9 Å². The predicted molar refractivity (Wildman–Crippen MR) is 87.8 cm³/mol. The number of para-hydroxylation sites is 1. The van der Waals surface area contributed by atoms with Gasteiger partial charge in [-0.15, -0.1) is 0 Å². The highest BCUT2D eigenvalue weighted by molar-refractivity contribution is 6.11. The molecule has 8 nitrogen and oxygen atoms in total. The number of rotatable bonds is 4. The van der Waals surface area contributed by atoms with E-state index in [9.17, 15) is 20.0 Å². The Bertz CT molecular complexity index is 933. The zero-order chi connectivity index (χ0) is 17.3. The van der Waals surface area contributed by atoms with Gasteiger partial charge in [0.1, 0.15) is 0 Å². The van der Waals surface area contributed by atoms with Crippen LogP contribution < -0.4 is 5.32 Å². The Hall–Kier alpha value is -3.26. The number of nitro groups is 1. The van der Waals surface area contributed by atoms with E-state index in [0.717, 1.165) is 0 Å². The van der Waals surface area contributed by atoms with Gasteiger partial charge in [0.25, 0.3) is 11.6 Å². The van der Waals surface area contributed by atoms with Crippen molar-refractivity contribution in [1.82, 2.24) is 10.2 Å². The number of fused-ring (bicyclic) bond motifs is 1. The molecule has 1 atom stereocenters. The van der Waals surface area contributed by atoms with Gasteiger partial charge in [0.05, 0.1) is 16.5 Å². The van der Waals surface area contributed by atoms with E-state index >= 15 is 0 Å². The summed E-state index contributed by atoms with van der Waals surface area (Å²) in [5, 5.41) is 30.3. The Morgan fingerprint density at radius 2 is 2.08 bits per heavy atom. The summed E-state index contributed by atoms with van der Waals surface area (Å²) in [6.45, 7) is 1.60. The Morgan fingerprint density at radius 3 is 2.79 bits per heavy atom. The van der Waals surface area contributed by atoms with Crippen LogP contribution in [0.5, 0.6) is 0 Å². The molecule has 0 saturated carbocycles. The molecule has 0 spiro atoms. The lowest BCUT2D eigenvalue weighted by atomic mass is 10.1. The number of aromatic nitrogens is 2. The second kappa shape index (κ2) is 6.09. The van der Waals surface area contributed by atoms with E-state index in [1.165, 1.54) is 18.2 Å². The molecule has 0 saturated heterocycles. The second-order valence-electron chi connectivity index (χ2n) is 5.28. The van der Waals surface area contributed by atoms with Crippen LogP contribution in [0.4, 0.5) is 11.4 Å². The zero-order valence-electron chi connectivity index (χ0n) is 12.7. The Labute approximate surface area is 136 Å². The number of hydrogen-bond donors (Lipinski definition) is 3. The average Bonchev–Trinajstić information content (AvgIpc) is 2.98. The minimum atomic E-state index is -0.751. The molecule has 0 unspecified atom stereocenters. The van der Waals surface area contributed by atoms with Crippen molar-refractivity contribution in [3.63, 3.8) is 0 Å². The van der Waals surface area contributed by atoms with Crippen molar-refractivity contribution in [1.29, 1.82) is 0 Å². The molecule has 24 heavy (non-hydrogen) atoms. The molecule has 1 aromatic heterocycles. The number of anilines is 1. The average molecular weight is 326 g/mol. The van der Waals surface area contributed by atoms with Crippen molar-refractivity contribution in [3.8, 4) is 0 Å². The van der Waals surface area contributed by atoms with E-state index in [4.69, 9.17) is 0 Å². The van der Waals surface area contributed by atoms with Gasteiger partial charge in [-0.2, -0.15) is 5.10 Å². The molecule has 3 N–H and O–H groups in total. The summed E-state index contributed by atoms with van der Waals surface area (Å²) >= 11 is 0. The van der Waals surface area contributed by atoms with Gasteiger partial charge in [0, 0.05) is 28.8 Å². The van der Waals surface area contributed by atoms with Crippen molar-refractivity contribution < 1.29 is 14.8 Å². The van der Waals surface area contributed by atoms with Crippen LogP contribution in [0, 0.1) is 10.1 Å². The van der Waals surface area contributed by atoms with Crippen LogP contribution in [0.3, 0.4) is 0 Å². The maximum atomic E-state index is 12.5. The number of H-pyrrole nitrogens is 1. The van der Waals surface area contributed by atoms with Crippen LogP contribution in [-0.2, 0) is 0 Å². The first-order chi connectivity index (χ1) is 11.5. The fourth-order valence-corrected chi connectivity index (χ4v) is 2.45. The molecule has 0 fully saturated rings. The smallest absolute Gasteiger partial charge is 0.276 e. The third kappa shape index (κ3) is 2.82. The summed E-state index contributed by atoms with van der Waals surface area (Å²) in [5.41, 5.74) is 1.47. The molecule has 0 aliphatic carbocycles. The number of nitrogens with one attached hydrogen (secondary N) is 2. The first-order valence-corrected chi connectivity index (χ1v) is 7.18. The lowest BCUT2D eigenvalue weighted by Gasteiger charge is -2.12. The summed E-state index contributed by atoms with van der Waals surface area (Å²) in [6, 6.07) is 11.0. The van der Waals surface area contributed by atoms with Crippen LogP contribution >= 0.6 is 0 Å². The maximum absolute atomic E-state index is 12.5. The van der Waals surface area contributed by atoms with E-state index < -0.39 is 16.9 Å². The molecular weight excluding hydrogens is 312 g/mol. The lowest BCUT2D eigenvalue weighted by Crippen LogP contribution is -2.14. The molecule has 3 aromatic rings. The fourth-order valence-electron chi connectivity index (χ4n) is 2.45. The zero-order valence-corrected chi connectivity index (χ0v) is 12.7. The Kier molecular flexibility index (Phi) is 3.97. The second-order valence-corrected chi connectivity index (χ2v) is 5.28. The third-order valence-corrected chi connectivity index (χ3v) is 3.63. The molecular formula is C16H14N4O4. The number of aromatic amines is 1. The van der Waals surface area contributed by atoms with E-state index in [2.05, 4.69) is 15.5 Å². The van der Waals surface area contributed by atoms with Crippen molar-refractivity contribution in [3.05, 3.63) is 63.8 Å². The summed E-state index contributed by atoms with van der Waals surface area (Å²) < 4.78 is 0. The van der Waals surface area contributed by atoms with Crippen molar-refractivity contribution in [2.45, 2.75) is 13.0 Å². The van der Waals surface area contributed by atoms with Gasteiger partial charge in [-0.25, -0.2) is 0 Å². The Morgan fingerprint density at radius 1 is 1.33 bits per heavy atom. The number of aliphatic hydroxyl groups excluding tert-OH is 1. The highest BCUT2D eigenvalue weighted by Gasteiger charge is 2.18. The van der Waals surface area contributed by atoms with Gasteiger partial charge < -0.3 is 10.4 Å². The molecule has 1 amide bonds. The topological polar surface area (TPSA) is 121 Å². The number of carbonyl (C=O) groups excluding carboxylic acids is 1. The number of benzene rings is 2. The van der Waals surface area contributed by atoms with Crippen molar-refractivity contribution in [2.24, 2.45) is 0 Å². The number of nitro benzene ring substituents is 1. The molecule has 8 heteroatoms. The molecule has 1 heterocycles. The number of carbonyl (C=O) groups is 1. The van der Waals surface area contributed by atoms with Gasteiger partial charge in [0.2, 0.25) is 0 Å².